The van der Waals surface area contributed by atoms with Crippen LogP contribution in [0.1, 0.15) is 39.2 Å². The van der Waals surface area contributed by atoms with Crippen molar-refractivity contribution >= 4 is 11.8 Å². The third kappa shape index (κ3) is 3.60. The molecule has 0 bridgehead atoms. The maximum Gasteiger partial charge on any atom is 0.410 e. The molecule has 1 saturated heterocycles. The fourth-order valence-corrected chi connectivity index (χ4v) is 3.10. The summed E-state index contributed by atoms with van der Waals surface area (Å²) in [6.45, 7) is 6.45. The van der Waals surface area contributed by atoms with Crippen LogP contribution in [0.25, 0.3) is 5.70 Å². The van der Waals surface area contributed by atoms with Gasteiger partial charge in [0, 0.05) is 12.7 Å². The molecule has 2 heterocycles. The fourth-order valence-electron chi connectivity index (χ4n) is 3.10. The molecule has 124 valence electrons. The third-order valence-corrected chi connectivity index (χ3v) is 4.12. The molecule has 0 aliphatic carbocycles. The number of likely N-dealkylation sites (tertiary alicyclic amines) is 1. The second-order valence-electron chi connectivity index (χ2n) is 7.10. The van der Waals surface area contributed by atoms with Crippen LogP contribution >= 0.6 is 0 Å². The highest BCUT2D eigenvalue weighted by Crippen LogP contribution is 2.25. The van der Waals surface area contributed by atoms with Crippen molar-refractivity contribution in [3.8, 4) is 0 Å². The van der Waals surface area contributed by atoms with Crippen molar-refractivity contribution in [2.75, 3.05) is 6.54 Å². The summed E-state index contributed by atoms with van der Waals surface area (Å²) in [6.07, 6.45) is 3.77. The molecule has 3 rings (SSSR count). The van der Waals surface area contributed by atoms with E-state index in [4.69, 9.17) is 4.74 Å². The quantitative estimate of drug-likeness (QED) is 0.881. The van der Waals surface area contributed by atoms with Crippen LogP contribution in [0.2, 0.25) is 0 Å². The van der Waals surface area contributed by atoms with Gasteiger partial charge in [-0.1, -0.05) is 30.3 Å². The van der Waals surface area contributed by atoms with E-state index in [1.807, 2.05) is 50.1 Å². The molecular weight excluding hydrogens is 290 g/mol. The van der Waals surface area contributed by atoms with Gasteiger partial charge in [0.2, 0.25) is 0 Å². The number of nitrogens with zero attached hydrogens (tertiary/aromatic N) is 1. The molecule has 2 N–H and O–H groups in total. The van der Waals surface area contributed by atoms with Gasteiger partial charge >= 0.3 is 6.09 Å². The first-order valence-corrected chi connectivity index (χ1v) is 8.22. The molecule has 1 amide bonds. The van der Waals surface area contributed by atoms with Crippen molar-refractivity contribution in [1.29, 1.82) is 0 Å². The number of ether oxygens (including phenoxy) is 1. The summed E-state index contributed by atoms with van der Waals surface area (Å²) >= 11 is 0. The Bertz CT molecular complexity index is 592. The Morgan fingerprint density at radius 1 is 1.26 bits per heavy atom. The van der Waals surface area contributed by atoms with Crippen molar-refractivity contribution in [3.63, 3.8) is 0 Å². The SMILES string of the molecule is CC(C)(C)OC(=O)N1CCC[C@H]1C1NC=C(c2ccccc2)N1. The first-order chi connectivity index (χ1) is 10.9. The Labute approximate surface area is 137 Å². The van der Waals surface area contributed by atoms with Crippen LogP contribution in [-0.4, -0.2) is 35.3 Å². The molecule has 1 aromatic rings. The maximum atomic E-state index is 12.4. The number of amides is 1. The number of hydrogen-bond donors (Lipinski definition) is 2. The lowest BCUT2D eigenvalue weighted by atomic mass is 10.1. The molecule has 2 atom stereocenters. The summed E-state index contributed by atoms with van der Waals surface area (Å²) < 4.78 is 5.54. The predicted molar refractivity (Wildman–Crippen MR) is 90.4 cm³/mol. The van der Waals surface area contributed by atoms with Crippen LogP contribution in [0.5, 0.6) is 0 Å². The zero-order valence-corrected chi connectivity index (χ0v) is 14.0. The van der Waals surface area contributed by atoms with Crippen LogP contribution in [0.4, 0.5) is 4.79 Å². The largest absolute Gasteiger partial charge is 0.444 e. The van der Waals surface area contributed by atoms with Crippen molar-refractivity contribution < 1.29 is 9.53 Å². The van der Waals surface area contributed by atoms with Crippen LogP contribution in [0.3, 0.4) is 0 Å². The van der Waals surface area contributed by atoms with E-state index in [9.17, 15) is 4.79 Å². The van der Waals surface area contributed by atoms with Crippen molar-refractivity contribution in [2.24, 2.45) is 0 Å². The van der Waals surface area contributed by atoms with Gasteiger partial charge in [-0.05, 0) is 39.2 Å². The second-order valence-corrected chi connectivity index (χ2v) is 7.10. The Kier molecular flexibility index (Phi) is 4.20. The molecular formula is C18H25N3O2. The first kappa shape index (κ1) is 15.7. The molecule has 0 radical (unpaired) electrons. The summed E-state index contributed by atoms with van der Waals surface area (Å²) in [7, 11) is 0. The van der Waals surface area contributed by atoms with Crippen LogP contribution < -0.4 is 10.6 Å². The minimum absolute atomic E-state index is 0.0280. The average Bonchev–Trinajstić information content (AvgIpc) is 3.15. The van der Waals surface area contributed by atoms with Gasteiger partial charge < -0.3 is 20.3 Å². The minimum atomic E-state index is -0.464. The van der Waals surface area contributed by atoms with Gasteiger partial charge in [0.25, 0.3) is 0 Å². The minimum Gasteiger partial charge on any atom is -0.444 e. The predicted octanol–water partition coefficient (Wildman–Crippen LogP) is 2.90. The highest BCUT2D eigenvalue weighted by Gasteiger charge is 2.38. The van der Waals surface area contributed by atoms with E-state index in [2.05, 4.69) is 22.8 Å². The van der Waals surface area contributed by atoms with E-state index < -0.39 is 5.60 Å². The highest BCUT2D eigenvalue weighted by atomic mass is 16.6. The number of nitrogens with one attached hydrogen (secondary N) is 2. The molecule has 2 aliphatic heterocycles. The van der Waals surface area contributed by atoms with Gasteiger partial charge in [0.05, 0.1) is 11.7 Å². The zero-order chi connectivity index (χ0) is 16.4. The summed E-state index contributed by atoms with van der Waals surface area (Å²) in [5.41, 5.74) is 1.74. The van der Waals surface area contributed by atoms with Gasteiger partial charge in [-0.25, -0.2) is 4.79 Å². The topological polar surface area (TPSA) is 53.6 Å². The van der Waals surface area contributed by atoms with Crippen LogP contribution in [-0.2, 0) is 4.74 Å². The highest BCUT2D eigenvalue weighted by molar-refractivity contribution is 5.70. The van der Waals surface area contributed by atoms with Gasteiger partial charge in [-0.3, -0.25) is 0 Å². The lowest BCUT2D eigenvalue weighted by Crippen LogP contribution is -2.52. The first-order valence-electron chi connectivity index (χ1n) is 8.22. The molecule has 2 aliphatic rings. The molecule has 0 saturated carbocycles. The molecule has 5 nitrogen and oxygen atoms in total. The van der Waals surface area contributed by atoms with Crippen molar-refractivity contribution in [2.45, 2.75) is 51.4 Å². The van der Waals surface area contributed by atoms with Crippen molar-refractivity contribution in [1.82, 2.24) is 15.5 Å². The van der Waals surface area contributed by atoms with E-state index >= 15 is 0 Å². The fraction of sp³-hybridized carbons (Fsp3) is 0.500. The van der Waals surface area contributed by atoms with Gasteiger partial charge in [-0.2, -0.15) is 0 Å². The number of carbonyl (C=O) groups excluding carboxylic acids is 1. The van der Waals surface area contributed by atoms with E-state index in [1.54, 1.807) is 0 Å². The number of benzene rings is 1. The molecule has 0 spiro atoms. The van der Waals surface area contributed by atoms with E-state index in [-0.39, 0.29) is 18.3 Å². The maximum absolute atomic E-state index is 12.4. The summed E-state index contributed by atoms with van der Waals surface area (Å²) in [4.78, 5) is 14.3. The van der Waals surface area contributed by atoms with Gasteiger partial charge in [0.1, 0.15) is 11.8 Å². The van der Waals surface area contributed by atoms with E-state index in [0.29, 0.717) is 0 Å². The lowest BCUT2D eigenvalue weighted by Gasteiger charge is -2.32. The van der Waals surface area contributed by atoms with E-state index in [1.165, 1.54) is 0 Å². The number of carbonyl (C=O) groups is 1. The monoisotopic (exact) mass is 315 g/mol. The molecule has 5 heteroatoms. The lowest BCUT2D eigenvalue weighted by molar-refractivity contribution is 0.0196. The average molecular weight is 315 g/mol. The Morgan fingerprint density at radius 3 is 2.70 bits per heavy atom. The summed E-state index contributed by atoms with van der Waals surface area (Å²) in [5, 5.41) is 6.87. The standard InChI is InChI=1S/C18H25N3O2/c1-18(2,3)23-17(22)21-11-7-10-15(21)16-19-12-14(20-16)13-8-5-4-6-9-13/h4-6,8-9,12,15-16,19-20H,7,10-11H2,1-3H3/t15-,16?/m0/s1. The van der Waals surface area contributed by atoms with Crippen LogP contribution in [0.15, 0.2) is 36.5 Å². The zero-order valence-electron chi connectivity index (χ0n) is 14.0. The second kappa shape index (κ2) is 6.14. The number of rotatable bonds is 2. The Morgan fingerprint density at radius 2 is 2.00 bits per heavy atom. The van der Waals surface area contributed by atoms with E-state index in [0.717, 1.165) is 30.6 Å². The molecule has 23 heavy (non-hydrogen) atoms. The molecule has 1 aromatic carbocycles. The van der Waals surface area contributed by atoms with Gasteiger partial charge in [-0.15, -0.1) is 0 Å². The normalized spacial score (nSPS) is 24.0. The van der Waals surface area contributed by atoms with Crippen molar-refractivity contribution in [3.05, 3.63) is 42.1 Å². The summed E-state index contributed by atoms with van der Waals surface area (Å²) in [6, 6.07) is 10.3. The molecule has 0 aromatic heterocycles. The van der Waals surface area contributed by atoms with Gasteiger partial charge in [0.15, 0.2) is 0 Å². The molecule has 1 unspecified atom stereocenters. The van der Waals surface area contributed by atoms with Crippen LogP contribution in [0, 0.1) is 0 Å². The Hall–Kier alpha value is -2.17. The summed E-state index contributed by atoms with van der Waals surface area (Å²) in [5.74, 6) is 0. The smallest absolute Gasteiger partial charge is 0.410 e. The Balaban J connectivity index is 1.65. The third-order valence-electron chi connectivity index (χ3n) is 4.12. The molecule has 1 fully saturated rings. The number of hydrogen-bond acceptors (Lipinski definition) is 4.